The summed E-state index contributed by atoms with van der Waals surface area (Å²) >= 11 is 0. The number of primary amides is 1. The van der Waals surface area contributed by atoms with E-state index in [0.29, 0.717) is 24.2 Å². The first-order chi connectivity index (χ1) is 11.9. The number of carbonyl (C=O) groups is 2. The van der Waals surface area contributed by atoms with Crippen molar-refractivity contribution in [1.82, 2.24) is 0 Å². The van der Waals surface area contributed by atoms with Crippen LogP contribution in [0.5, 0.6) is 0 Å². The van der Waals surface area contributed by atoms with Crippen molar-refractivity contribution < 1.29 is 14.3 Å². The van der Waals surface area contributed by atoms with Crippen LogP contribution in [0.2, 0.25) is 0 Å². The van der Waals surface area contributed by atoms with Gasteiger partial charge in [0.2, 0.25) is 5.91 Å². The van der Waals surface area contributed by atoms with Crippen LogP contribution >= 0.6 is 0 Å². The van der Waals surface area contributed by atoms with Gasteiger partial charge in [-0.3, -0.25) is 9.59 Å². The smallest absolute Gasteiger partial charge is 0.305 e. The number of ether oxygens (including phenoxy) is 1. The Hall–Kier alpha value is -1.06. The normalized spacial score (nSPS) is 31.9. The molecule has 0 aliphatic heterocycles. The lowest BCUT2D eigenvalue weighted by Gasteiger charge is -2.38. The van der Waals surface area contributed by atoms with Crippen molar-refractivity contribution in [1.29, 1.82) is 0 Å². The highest BCUT2D eigenvalue weighted by molar-refractivity contribution is 5.82. The average Bonchev–Trinajstić information content (AvgIpc) is 3.13. The second kappa shape index (κ2) is 9.05. The Labute approximate surface area is 153 Å². The number of carbonyl (C=O) groups excluding carboxylic acids is 2. The van der Waals surface area contributed by atoms with E-state index in [2.05, 4.69) is 13.8 Å². The molecule has 0 spiro atoms. The monoisotopic (exact) mass is 351 g/mol. The Morgan fingerprint density at radius 3 is 2.68 bits per heavy atom. The largest absolute Gasteiger partial charge is 0.469 e. The molecule has 0 heterocycles. The summed E-state index contributed by atoms with van der Waals surface area (Å²) in [5, 5.41) is 0. The van der Waals surface area contributed by atoms with E-state index in [1.165, 1.54) is 32.8 Å². The highest BCUT2D eigenvalue weighted by Gasteiger charge is 2.59. The molecule has 0 saturated heterocycles. The maximum Gasteiger partial charge on any atom is 0.305 e. The summed E-state index contributed by atoms with van der Waals surface area (Å²) in [6.45, 7) is 4.61. The molecule has 0 aromatic carbocycles. The van der Waals surface area contributed by atoms with Gasteiger partial charge in [-0.2, -0.15) is 0 Å². The maximum atomic E-state index is 12.3. The third kappa shape index (κ3) is 4.57. The summed E-state index contributed by atoms with van der Waals surface area (Å²) in [6.07, 6.45) is 11.6. The van der Waals surface area contributed by atoms with Gasteiger partial charge in [0.05, 0.1) is 12.5 Å². The predicted molar refractivity (Wildman–Crippen MR) is 99.7 cm³/mol. The fourth-order valence-electron chi connectivity index (χ4n) is 5.80. The molecular weight excluding hydrogens is 314 g/mol. The summed E-state index contributed by atoms with van der Waals surface area (Å²) in [6, 6.07) is 0. The summed E-state index contributed by atoms with van der Waals surface area (Å²) in [4.78, 5) is 23.6. The molecule has 5 atom stereocenters. The van der Waals surface area contributed by atoms with Crippen molar-refractivity contribution in [2.24, 2.45) is 34.8 Å². The molecule has 2 fully saturated rings. The number of nitrogens with two attached hydrogens (primary N) is 1. The predicted octanol–water partition coefficient (Wildman–Crippen LogP) is 4.45. The van der Waals surface area contributed by atoms with Crippen LogP contribution in [0.1, 0.15) is 84.5 Å². The van der Waals surface area contributed by atoms with Crippen LogP contribution < -0.4 is 5.73 Å². The lowest BCUT2D eigenvalue weighted by Crippen LogP contribution is -2.42. The van der Waals surface area contributed by atoms with Crippen molar-refractivity contribution in [3.8, 4) is 0 Å². The van der Waals surface area contributed by atoms with Gasteiger partial charge in [0, 0.05) is 6.42 Å². The molecule has 0 radical (unpaired) electrons. The zero-order valence-electron chi connectivity index (χ0n) is 16.4. The molecule has 2 aliphatic carbocycles. The second-order valence-corrected chi connectivity index (χ2v) is 8.60. The lowest BCUT2D eigenvalue weighted by atomic mass is 9.65. The van der Waals surface area contributed by atoms with Gasteiger partial charge in [-0.1, -0.05) is 39.5 Å². The molecule has 2 N–H and O–H groups in total. The summed E-state index contributed by atoms with van der Waals surface area (Å²) < 4.78 is 4.70. The molecule has 2 bridgehead atoms. The second-order valence-electron chi connectivity index (χ2n) is 8.60. The number of unbranched alkanes of at least 4 members (excludes halogenated alkanes) is 2. The number of amides is 1. The number of rotatable bonds is 11. The first-order valence-electron chi connectivity index (χ1n) is 10.3. The van der Waals surface area contributed by atoms with Gasteiger partial charge in [0.15, 0.2) is 0 Å². The van der Waals surface area contributed by atoms with Gasteiger partial charge >= 0.3 is 5.97 Å². The molecule has 5 unspecified atom stereocenters. The SMILES string of the molecule is CCCC(C)CC1C2CCC(C(N)=O)(C2)C1CCCCCC(=O)OC. The standard InChI is InChI=1S/C21H37NO3/c1-4-8-15(2)13-17-16-11-12-21(14-16,20(22)24)18(17)9-6-5-7-10-19(23)25-3/h15-18H,4-14H2,1-3H3,(H2,22,24). The Balaban J connectivity index is 1.94. The van der Waals surface area contributed by atoms with E-state index in [1.807, 2.05) is 0 Å². The van der Waals surface area contributed by atoms with Crippen molar-refractivity contribution in [2.45, 2.75) is 84.5 Å². The van der Waals surface area contributed by atoms with Gasteiger partial charge < -0.3 is 10.5 Å². The molecule has 2 aliphatic rings. The van der Waals surface area contributed by atoms with Crippen molar-refractivity contribution in [3.05, 3.63) is 0 Å². The Bertz CT molecular complexity index is 464. The molecule has 25 heavy (non-hydrogen) atoms. The van der Waals surface area contributed by atoms with Crippen molar-refractivity contribution in [2.75, 3.05) is 7.11 Å². The van der Waals surface area contributed by atoms with Gasteiger partial charge in [0.1, 0.15) is 0 Å². The van der Waals surface area contributed by atoms with E-state index in [9.17, 15) is 9.59 Å². The molecule has 0 aromatic rings. The zero-order valence-corrected chi connectivity index (χ0v) is 16.4. The van der Waals surface area contributed by atoms with Crippen LogP contribution in [0.15, 0.2) is 0 Å². The van der Waals surface area contributed by atoms with Gasteiger partial charge in [0.25, 0.3) is 0 Å². The van der Waals surface area contributed by atoms with Crippen LogP contribution in [0.3, 0.4) is 0 Å². The van der Waals surface area contributed by atoms with Crippen LogP contribution in [-0.2, 0) is 14.3 Å². The fraction of sp³-hybridized carbons (Fsp3) is 0.905. The number of hydrogen-bond acceptors (Lipinski definition) is 3. The summed E-state index contributed by atoms with van der Waals surface area (Å²) in [5.74, 6) is 2.39. The quantitative estimate of drug-likeness (QED) is 0.441. The highest BCUT2D eigenvalue weighted by atomic mass is 16.5. The molecule has 0 aromatic heterocycles. The minimum Gasteiger partial charge on any atom is -0.469 e. The maximum absolute atomic E-state index is 12.3. The molecule has 1 amide bonds. The number of esters is 1. The third-order valence-electron chi connectivity index (χ3n) is 6.99. The minimum atomic E-state index is -0.233. The number of fused-ring (bicyclic) bond motifs is 2. The fourth-order valence-corrected chi connectivity index (χ4v) is 5.80. The molecule has 2 saturated carbocycles. The van der Waals surface area contributed by atoms with E-state index < -0.39 is 0 Å². The molecule has 144 valence electrons. The molecule has 4 nitrogen and oxygen atoms in total. The highest BCUT2D eigenvalue weighted by Crippen LogP contribution is 2.63. The van der Waals surface area contributed by atoms with Gasteiger partial charge in [-0.05, 0) is 62.2 Å². The Kier molecular flexibility index (Phi) is 7.33. The molecular formula is C21H37NO3. The zero-order chi connectivity index (χ0) is 18.4. The van der Waals surface area contributed by atoms with E-state index in [0.717, 1.165) is 44.4 Å². The average molecular weight is 352 g/mol. The third-order valence-corrected chi connectivity index (χ3v) is 6.99. The number of hydrogen-bond donors (Lipinski definition) is 1. The lowest BCUT2D eigenvalue weighted by molar-refractivity contribution is -0.140. The summed E-state index contributed by atoms with van der Waals surface area (Å²) in [5.41, 5.74) is 5.67. The van der Waals surface area contributed by atoms with Crippen LogP contribution in [0.25, 0.3) is 0 Å². The molecule has 2 rings (SSSR count). The van der Waals surface area contributed by atoms with Crippen molar-refractivity contribution in [3.63, 3.8) is 0 Å². The van der Waals surface area contributed by atoms with Crippen molar-refractivity contribution >= 4 is 11.9 Å². The topological polar surface area (TPSA) is 69.4 Å². The van der Waals surface area contributed by atoms with Crippen LogP contribution in [-0.4, -0.2) is 19.0 Å². The van der Waals surface area contributed by atoms with Crippen LogP contribution in [0.4, 0.5) is 0 Å². The van der Waals surface area contributed by atoms with E-state index in [-0.39, 0.29) is 17.3 Å². The Morgan fingerprint density at radius 1 is 1.28 bits per heavy atom. The first kappa shape index (κ1) is 20.3. The van der Waals surface area contributed by atoms with Crippen LogP contribution in [0, 0.1) is 29.1 Å². The number of methoxy groups -OCH3 is 1. The first-order valence-corrected chi connectivity index (χ1v) is 10.3. The van der Waals surface area contributed by atoms with Gasteiger partial charge in [-0.25, -0.2) is 0 Å². The van der Waals surface area contributed by atoms with Gasteiger partial charge in [-0.15, -0.1) is 0 Å². The van der Waals surface area contributed by atoms with E-state index >= 15 is 0 Å². The molecule has 4 heteroatoms. The summed E-state index contributed by atoms with van der Waals surface area (Å²) in [7, 11) is 1.44. The Morgan fingerprint density at radius 2 is 2.04 bits per heavy atom. The van der Waals surface area contributed by atoms with E-state index in [1.54, 1.807) is 0 Å². The minimum absolute atomic E-state index is 0.0554. The van der Waals surface area contributed by atoms with E-state index in [4.69, 9.17) is 10.5 Å².